The van der Waals surface area contributed by atoms with E-state index in [9.17, 15) is 0 Å². The molecule has 206 valence electrons. The maximum atomic E-state index is 6.34. The first-order chi connectivity index (χ1) is 21.8. The van der Waals surface area contributed by atoms with Crippen molar-refractivity contribution in [3.05, 3.63) is 133 Å². The number of benzene rings is 6. The average molecular weight is 567 g/mol. The summed E-state index contributed by atoms with van der Waals surface area (Å²) in [5.41, 5.74) is 6.72. The van der Waals surface area contributed by atoms with Gasteiger partial charge in [0, 0.05) is 38.4 Å². The van der Waals surface area contributed by atoms with E-state index in [1.807, 2.05) is 109 Å². The van der Waals surface area contributed by atoms with E-state index in [0.717, 1.165) is 66.1 Å². The van der Waals surface area contributed by atoms with Crippen molar-refractivity contribution in [2.45, 2.75) is 0 Å². The largest absolute Gasteiger partial charge is 0.456 e. The number of nitrogens with zero attached hydrogens (tertiary/aromatic N) is 4. The maximum Gasteiger partial charge on any atom is 0.227 e. The van der Waals surface area contributed by atoms with Gasteiger partial charge < -0.3 is 8.83 Å². The normalized spacial score (nSPS) is 11.6. The van der Waals surface area contributed by atoms with Crippen LogP contribution in [0, 0.1) is 0 Å². The number of para-hydroxylation sites is 1. The second-order valence-electron chi connectivity index (χ2n) is 10.7. The van der Waals surface area contributed by atoms with Crippen LogP contribution in [-0.2, 0) is 0 Å². The van der Waals surface area contributed by atoms with Gasteiger partial charge in [0.25, 0.3) is 0 Å². The number of hydrogen-bond donors (Lipinski definition) is 0. The third-order valence-corrected chi connectivity index (χ3v) is 7.96. The molecule has 44 heavy (non-hydrogen) atoms. The second-order valence-corrected chi connectivity index (χ2v) is 10.7. The van der Waals surface area contributed by atoms with Crippen molar-refractivity contribution < 1.29 is 8.83 Å². The molecule has 0 bridgehead atoms. The van der Waals surface area contributed by atoms with E-state index in [0.29, 0.717) is 23.4 Å². The molecule has 3 aromatic heterocycles. The molecule has 3 heterocycles. The van der Waals surface area contributed by atoms with Gasteiger partial charge in [0.05, 0.1) is 0 Å². The molecule has 0 saturated heterocycles. The summed E-state index contributed by atoms with van der Waals surface area (Å²) >= 11 is 0. The van der Waals surface area contributed by atoms with Crippen LogP contribution in [0.5, 0.6) is 0 Å². The fraction of sp³-hybridized carbons (Fsp3) is 0. The van der Waals surface area contributed by atoms with Crippen molar-refractivity contribution in [2.24, 2.45) is 0 Å². The van der Waals surface area contributed by atoms with Gasteiger partial charge in [-0.15, -0.1) is 0 Å². The van der Waals surface area contributed by atoms with Crippen LogP contribution in [-0.4, -0.2) is 19.9 Å². The molecule has 0 N–H and O–H groups in total. The van der Waals surface area contributed by atoms with Gasteiger partial charge in [-0.25, -0.2) is 19.9 Å². The standard InChI is InChI=1S/C38H22N4O2/c1-3-11-23(12-4-1)35-40-36(25-19-20-33-29(21-25)27-16-9-10-18-32(27)43-33)42-37(41-35)30-22-31-34(28-17-8-7-15-26(28)30)44-38(39-31)24-13-5-2-6-14-24/h1-22H. The number of furan rings is 1. The first-order valence-electron chi connectivity index (χ1n) is 14.4. The summed E-state index contributed by atoms with van der Waals surface area (Å²) in [6, 6.07) is 44.3. The first kappa shape index (κ1) is 24.5. The fourth-order valence-corrected chi connectivity index (χ4v) is 5.85. The Morgan fingerprint density at radius 2 is 1.00 bits per heavy atom. The fourth-order valence-electron chi connectivity index (χ4n) is 5.85. The van der Waals surface area contributed by atoms with Crippen molar-refractivity contribution in [3.8, 4) is 45.6 Å². The lowest BCUT2D eigenvalue weighted by atomic mass is 10.0. The van der Waals surface area contributed by atoms with Crippen LogP contribution >= 0.6 is 0 Å². The van der Waals surface area contributed by atoms with Crippen molar-refractivity contribution in [2.75, 3.05) is 0 Å². The summed E-state index contributed by atoms with van der Waals surface area (Å²) in [4.78, 5) is 20.0. The minimum atomic E-state index is 0.563. The number of aromatic nitrogens is 4. The predicted molar refractivity (Wildman–Crippen MR) is 174 cm³/mol. The number of fused-ring (bicyclic) bond motifs is 6. The van der Waals surface area contributed by atoms with E-state index < -0.39 is 0 Å². The molecule has 6 nitrogen and oxygen atoms in total. The summed E-state index contributed by atoms with van der Waals surface area (Å²) < 4.78 is 12.4. The van der Waals surface area contributed by atoms with E-state index in [4.69, 9.17) is 28.8 Å². The molecule has 0 amide bonds. The first-order valence-corrected chi connectivity index (χ1v) is 14.4. The third-order valence-electron chi connectivity index (χ3n) is 7.96. The lowest BCUT2D eigenvalue weighted by Crippen LogP contribution is -2.00. The minimum Gasteiger partial charge on any atom is -0.456 e. The SMILES string of the molecule is c1ccc(-c2nc(-c3ccc4oc5ccccc5c4c3)nc(-c3cc4nc(-c5ccccc5)oc4c4ccccc34)n2)cc1. The minimum absolute atomic E-state index is 0.563. The molecule has 6 aromatic carbocycles. The molecule has 0 saturated carbocycles. The molecular weight excluding hydrogens is 544 g/mol. The van der Waals surface area contributed by atoms with Crippen molar-refractivity contribution in [1.29, 1.82) is 0 Å². The number of hydrogen-bond acceptors (Lipinski definition) is 6. The van der Waals surface area contributed by atoms with Gasteiger partial charge in [0.1, 0.15) is 16.7 Å². The van der Waals surface area contributed by atoms with E-state index >= 15 is 0 Å². The topological polar surface area (TPSA) is 77.8 Å². The predicted octanol–water partition coefficient (Wildman–Crippen LogP) is 9.73. The second kappa shape index (κ2) is 9.71. The van der Waals surface area contributed by atoms with Crippen LogP contribution in [0.15, 0.2) is 142 Å². The van der Waals surface area contributed by atoms with E-state index in [1.165, 1.54) is 0 Å². The Bertz CT molecular complexity index is 2500. The van der Waals surface area contributed by atoms with Crippen LogP contribution in [0.25, 0.3) is 89.4 Å². The van der Waals surface area contributed by atoms with Crippen LogP contribution in [0.1, 0.15) is 0 Å². The van der Waals surface area contributed by atoms with E-state index in [2.05, 4.69) is 24.3 Å². The van der Waals surface area contributed by atoms with Gasteiger partial charge >= 0.3 is 0 Å². The Labute approximate surface area is 251 Å². The van der Waals surface area contributed by atoms with E-state index in [-0.39, 0.29) is 0 Å². The van der Waals surface area contributed by atoms with Crippen LogP contribution in [0.4, 0.5) is 0 Å². The molecular formula is C38H22N4O2. The highest BCUT2D eigenvalue weighted by Crippen LogP contribution is 2.37. The monoisotopic (exact) mass is 566 g/mol. The Morgan fingerprint density at radius 3 is 1.80 bits per heavy atom. The summed E-state index contributed by atoms with van der Waals surface area (Å²) in [6.07, 6.45) is 0. The summed E-state index contributed by atoms with van der Waals surface area (Å²) in [6.45, 7) is 0. The molecule has 0 aliphatic heterocycles. The van der Waals surface area contributed by atoms with Crippen molar-refractivity contribution in [3.63, 3.8) is 0 Å². The molecule has 0 radical (unpaired) electrons. The molecule has 0 spiro atoms. The summed E-state index contributed by atoms with van der Waals surface area (Å²) in [5, 5.41) is 4.00. The molecule has 9 aromatic rings. The molecule has 0 unspecified atom stereocenters. The Balaban J connectivity index is 1.29. The zero-order valence-corrected chi connectivity index (χ0v) is 23.3. The lowest BCUT2D eigenvalue weighted by Gasteiger charge is -2.10. The molecule has 0 aliphatic rings. The van der Waals surface area contributed by atoms with Crippen LogP contribution in [0.2, 0.25) is 0 Å². The lowest BCUT2D eigenvalue weighted by molar-refractivity contribution is 0.623. The molecule has 0 aliphatic carbocycles. The van der Waals surface area contributed by atoms with Gasteiger partial charge in [-0.05, 0) is 47.9 Å². The Morgan fingerprint density at radius 1 is 0.386 bits per heavy atom. The molecule has 9 rings (SSSR count). The zero-order chi connectivity index (χ0) is 29.0. The smallest absolute Gasteiger partial charge is 0.227 e. The van der Waals surface area contributed by atoms with Gasteiger partial charge in [0.15, 0.2) is 23.1 Å². The molecule has 0 atom stereocenters. The summed E-state index contributed by atoms with van der Waals surface area (Å²) in [7, 11) is 0. The van der Waals surface area contributed by atoms with Gasteiger partial charge in [-0.3, -0.25) is 0 Å². The van der Waals surface area contributed by atoms with Gasteiger partial charge in [-0.2, -0.15) is 0 Å². The zero-order valence-electron chi connectivity index (χ0n) is 23.3. The Hall–Kier alpha value is -6.14. The van der Waals surface area contributed by atoms with Crippen LogP contribution < -0.4 is 0 Å². The van der Waals surface area contributed by atoms with Crippen LogP contribution in [0.3, 0.4) is 0 Å². The maximum absolute atomic E-state index is 6.34. The van der Waals surface area contributed by atoms with Crippen molar-refractivity contribution in [1.82, 2.24) is 19.9 Å². The van der Waals surface area contributed by atoms with Gasteiger partial charge in [-0.1, -0.05) is 91.0 Å². The van der Waals surface area contributed by atoms with Gasteiger partial charge in [0.2, 0.25) is 5.89 Å². The highest BCUT2D eigenvalue weighted by atomic mass is 16.3. The third kappa shape index (κ3) is 3.96. The quantitative estimate of drug-likeness (QED) is 0.211. The number of oxazole rings is 1. The van der Waals surface area contributed by atoms with Crippen molar-refractivity contribution >= 4 is 43.8 Å². The van der Waals surface area contributed by atoms with E-state index in [1.54, 1.807) is 0 Å². The summed E-state index contributed by atoms with van der Waals surface area (Å²) in [5.74, 6) is 2.31. The number of rotatable bonds is 4. The highest BCUT2D eigenvalue weighted by molar-refractivity contribution is 6.10. The molecule has 0 fully saturated rings. The molecule has 6 heteroatoms. The Kier molecular flexibility index (Phi) is 5.40. The average Bonchev–Trinajstić information content (AvgIpc) is 3.70. The highest BCUT2D eigenvalue weighted by Gasteiger charge is 2.19.